The van der Waals surface area contributed by atoms with Gasteiger partial charge in [-0.1, -0.05) is 0 Å². The van der Waals surface area contributed by atoms with Crippen LogP contribution in [-0.4, -0.2) is 12.6 Å². The normalized spacial score (nSPS) is 5.62. The van der Waals surface area contributed by atoms with E-state index in [0.717, 1.165) is 0 Å². The zero-order valence-corrected chi connectivity index (χ0v) is 8.54. The van der Waals surface area contributed by atoms with Gasteiger partial charge in [0.2, 0.25) is 0 Å². The molecule has 0 aliphatic carbocycles. The monoisotopic (exact) mass is 186 g/mol. The number of hydrogen-bond acceptors (Lipinski definition) is 2. The molecule has 0 bridgehead atoms. The summed E-state index contributed by atoms with van der Waals surface area (Å²) in [5, 5.41) is 0. The van der Waals surface area contributed by atoms with Gasteiger partial charge in [-0.25, -0.2) is 0 Å². The standard InChI is InChI=1S/C4H7O2.ClH.Zn/c1-3-6-4(2)5;;/h2-3H2,1H3;1H;/q-1;;+2/p-1. The number of carbonyl (C=O) groups excluding carboxylic acids is 1. The zero-order chi connectivity index (χ0) is 4.99. The van der Waals surface area contributed by atoms with E-state index in [1.165, 1.54) is 0 Å². The van der Waals surface area contributed by atoms with Crippen molar-refractivity contribution in [3.8, 4) is 0 Å². The average molecular weight is 188 g/mol. The molecule has 0 fully saturated rings. The predicted molar refractivity (Wildman–Crippen MR) is 22.0 cm³/mol. The first kappa shape index (κ1) is 15.7. The minimum Gasteiger partial charge on any atom is -1.00 e. The van der Waals surface area contributed by atoms with Crippen molar-refractivity contribution in [3.63, 3.8) is 0 Å². The summed E-state index contributed by atoms with van der Waals surface area (Å²) in [6.45, 7) is 5.13. The molecule has 0 radical (unpaired) electrons. The largest absolute Gasteiger partial charge is 2.00 e. The van der Waals surface area contributed by atoms with Crippen molar-refractivity contribution in [1.29, 1.82) is 0 Å². The molecule has 0 saturated carbocycles. The third-order valence-electron chi connectivity index (χ3n) is 0.305. The van der Waals surface area contributed by atoms with Crippen LogP contribution in [0, 0.1) is 6.92 Å². The Morgan fingerprint density at radius 3 is 2.12 bits per heavy atom. The van der Waals surface area contributed by atoms with Crippen molar-refractivity contribution >= 4 is 5.97 Å². The Morgan fingerprint density at radius 1 is 1.75 bits per heavy atom. The molecular weight excluding hydrogens is 181 g/mol. The van der Waals surface area contributed by atoms with Crippen molar-refractivity contribution in [1.82, 2.24) is 0 Å². The first-order chi connectivity index (χ1) is 2.77. The van der Waals surface area contributed by atoms with Crippen molar-refractivity contribution in [2.75, 3.05) is 6.61 Å². The van der Waals surface area contributed by atoms with Gasteiger partial charge in [-0.3, -0.25) is 11.7 Å². The third kappa shape index (κ3) is 16.3. The second-order valence-electron chi connectivity index (χ2n) is 0.805. The van der Waals surface area contributed by atoms with Gasteiger partial charge in [0, 0.05) is 0 Å². The van der Waals surface area contributed by atoms with E-state index in [2.05, 4.69) is 11.7 Å². The molecule has 0 amide bonds. The first-order valence-electron chi connectivity index (χ1n) is 1.76. The van der Waals surface area contributed by atoms with Crippen molar-refractivity contribution in [2.24, 2.45) is 0 Å². The Labute approximate surface area is 68.1 Å². The van der Waals surface area contributed by atoms with E-state index in [1.807, 2.05) is 0 Å². The van der Waals surface area contributed by atoms with Crippen molar-refractivity contribution in [2.45, 2.75) is 6.92 Å². The summed E-state index contributed by atoms with van der Waals surface area (Å²) in [5.74, 6) is -0.461. The number of carbonyl (C=O) groups is 1. The number of halogens is 1. The Morgan fingerprint density at radius 2 is 2.12 bits per heavy atom. The molecule has 0 aromatic carbocycles. The molecule has 0 heterocycles. The van der Waals surface area contributed by atoms with E-state index < -0.39 is 5.97 Å². The SMILES string of the molecule is [CH2-]C(=O)OCC.[Cl-].[Zn+2]. The maximum Gasteiger partial charge on any atom is 2.00 e. The van der Waals surface area contributed by atoms with Gasteiger partial charge in [-0.2, -0.15) is 0 Å². The number of rotatable bonds is 1. The molecule has 0 N–H and O–H groups in total. The van der Waals surface area contributed by atoms with Crippen LogP contribution >= 0.6 is 0 Å². The van der Waals surface area contributed by atoms with Gasteiger partial charge in [0.05, 0.1) is 6.61 Å². The summed E-state index contributed by atoms with van der Waals surface area (Å²) in [6.07, 6.45) is 0. The Balaban J connectivity index is -0.000000125. The van der Waals surface area contributed by atoms with Gasteiger partial charge < -0.3 is 17.1 Å². The molecule has 8 heavy (non-hydrogen) atoms. The Bertz CT molecular complexity index is 58.0. The van der Waals surface area contributed by atoms with Gasteiger partial charge in [-0.15, -0.1) is 0 Å². The molecule has 0 unspecified atom stereocenters. The van der Waals surface area contributed by atoms with Crippen LogP contribution in [0.2, 0.25) is 0 Å². The molecule has 0 aliphatic rings. The van der Waals surface area contributed by atoms with Gasteiger partial charge in [0.1, 0.15) is 0 Å². The molecule has 4 heteroatoms. The number of esters is 1. The fourth-order valence-electron chi connectivity index (χ4n) is 0.161. The Kier molecular flexibility index (Phi) is 20.2. The molecule has 0 aromatic rings. The van der Waals surface area contributed by atoms with Crippen LogP contribution in [0.25, 0.3) is 0 Å². The molecule has 0 saturated heterocycles. The molecule has 44 valence electrons. The topological polar surface area (TPSA) is 26.3 Å². The van der Waals surface area contributed by atoms with Crippen LogP contribution in [0.4, 0.5) is 0 Å². The molecule has 0 atom stereocenters. The average Bonchev–Trinajstić information content (AvgIpc) is 1.35. The van der Waals surface area contributed by atoms with Crippen LogP contribution < -0.4 is 12.4 Å². The van der Waals surface area contributed by atoms with E-state index >= 15 is 0 Å². The zero-order valence-electron chi connectivity index (χ0n) is 4.82. The second kappa shape index (κ2) is 10.3. The third-order valence-corrected chi connectivity index (χ3v) is 0.305. The van der Waals surface area contributed by atoms with E-state index in [1.54, 1.807) is 6.92 Å². The first-order valence-corrected chi connectivity index (χ1v) is 1.76. The summed E-state index contributed by atoms with van der Waals surface area (Å²) in [6, 6.07) is 0. The van der Waals surface area contributed by atoms with Gasteiger partial charge in [0.25, 0.3) is 0 Å². The molecular formula is C4H7ClO2Zn. The minimum absolute atomic E-state index is 0. The summed E-state index contributed by atoms with van der Waals surface area (Å²) in [7, 11) is 0. The molecule has 0 aliphatic heterocycles. The summed E-state index contributed by atoms with van der Waals surface area (Å²) in [5.41, 5.74) is 0. The van der Waals surface area contributed by atoms with Gasteiger partial charge in [-0.05, 0) is 6.92 Å². The van der Waals surface area contributed by atoms with E-state index in [9.17, 15) is 4.79 Å². The second-order valence-corrected chi connectivity index (χ2v) is 0.805. The Hall–Kier alpha value is 0.253. The van der Waals surface area contributed by atoms with E-state index in [4.69, 9.17) is 0 Å². The summed E-state index contributed by atoms with van der Waals surface area (Å²) >= 11 is 0. The maximum atomic E-state index is 9.71. The van der Waals surface area contributed by atoms with Crippen LogP contribution in [-0.2, 0) is 29.0 Å². The van der Waals surface area contributed by atoms with Crippen molar-refractivity contribution in [3.05, 3.63) is 6.92 Å². The van der Waals surface area contributed by atoms with E-state index in [-0.39, 0.29) is 31.9 Å². The van der Waals surface area contributed by atoms with Gasteiger partial charge in [0.15, 0.2) is 5.97 Å². The van der Waals surface area contributed by atoms with E-state index in [0.29, 0.717) is 6.61 Å². The van der Waals surface area contributed by atoms with Crippen LogP contribution in [0.3, 0.4) is 0 Å². The molecule has 2 nitrogen and oxygen atoms in total. The number of hydrogen-bond donors (Lipinski definition) is 0. The summed E-state index contributed by atoms with van der Waals surface area (Å²) in [4.78, 5) is 9.71. The van der Waals surface area contributed by atoms with Gasteiger partial charge >= 0.3 is 19.5 Å². The van der Waals surface area contributed by atoms with Crippen LogP contribution in [0.15, 0.2) is 0 Å². The summed E-state index contributed by atoms with van der Waals surface area (Å²) < 4.78 is 4.29. The predicted octanol–water partition coefficient (Wildman–Crippen LogP) is -2.61. The molecule has 0 spiro atoms. The fourth-order valence-corrected chi connectivity index (χ4v) is 0.161. The smallest absolute Gasteiger partial charge is 1.00 e. The minimum atomic E-state index is -0.461. The molecule has 0 aromatic heterocycles. The number of ether oxygens (including phenoxy) is 1. The van der Waals surface area contributed by atoms with Crippen molar-refractivity contribution < 1.29 is 41.4 Å². The van der Waals surface area contributed by atoms with Crippen LogP contribution in [0.5, 0.6) is 0 Å². The maximum absolute atomic E-state index is 9.71. The van der Waals surface area contributed by atoms with Crippen LogP contribution in [0.1, 0.15) is 6.92 Å². The fraction of sp³-hybridized carbons (Fsp3) is 0.500. The molecule has 0 rings (SSSR count). The quantitative estimate of drug-likeness (QED) is 0.256.